The maximum atomic E-state index is 13.2. The molecule has 2 aliphatic rings. The molecular formula is C21H17BrN2O2S2. The molecule has 7 heteroatoms. The fraction of sp³-hybridized carbons (Fsp3) is 0.190. The van der Waals surface area contributed by atoms with E-state index >= 15 is 0 Å². The van der Waals surface area contributed by atoms with Gasteiger partial charge in [-0.2, -0.15) is 0 Å². The molecule has 0 N–H and O–H groups in total. The minimum Gasteiger partial charge on any atom is -0.308 e. The minimum atomic E-state index is -0.206. The lowest BCUT2D eigenvalue weighted by Gasteiger charge is -2.15. The smallest absolute Gasteiger partial charge is 0.267 e. The third kappa shape index (κ3) is 3.21. The van der Waals surface area contributed by atoms with Gasteiger partial charge in [-0.3, -0.25) is 14.5 Å². The van der Waals surface area contributed by atoms with Crippen molar-refractivity contribution >= 4 is 67.3 Å². The molecule has 2 aromatic rings. The number of thioether (sulfide) groups is 1. The van der Waals surface area contributed by atoms with E-state index in [1.807, 2.05) is 56.3 Å². The van der Waals surface area contributed by atoms with Crippen LogP contribution in [-0.4, -0.2) is 27.6 Å². The summed E-state index contributed by atoms with van der Waals surface area (Å²) in [6.45, 7) is 4.89. The van der Waals surface area contributed by atoms with Gasteiger partial charge in [0.1, 0.15) is 4.32 Å². The van der Waals surface area contributed by atoms with Crippen LogP contribution in [0.4, 0.5) is 5.69 Å². The number of thiocarbonyl (C=S) groups is 1. The summed E-state index contributed by atoms with van der Waals surface area (Å²) in [7, 11) is 0. The largest absolute Gasteiger partial charge is 0.308 e. The average Bonchev–Trinajstić information content (AvgIpc) is 3.09. The zero-order valence-corrected chi connectivity index (χ0v) is 18.6. The first kappa shape index (κ1) is 19.4. The monoisotopic (exact) mass is 472 g/mol. The lowest BCUT2D eigenvalue weighted by molar-refractivity contribution is -0.122. The summed E-state index contributed by atoms with van der Waals surface area (Å²) >= 11 is 10.2. The quantitative estimate of drug-likeness (QED) is 0.470. The number of nitrogens with zero attached hydrogens (tertiary/aromatic N) is 2. The Hall–Kier alpha value is -1.96. The topological polar surface area (TPSA) is 40.6 Å². The van der Waals surface area contributed by atoms with Crippen molar-refractivity contribution in [1.29, 1.82) is 0 Å². The van der Waals surface area contributed by atoms with Crippen LogP contribution >= 0.6 is 39.9 Å². The van der Waals surface area contributed by atoms with Crippen molar-refractivity contribution in [3.8, 4) is 0 Å². The third-order valence-corrected chi connectivity index (χ3v) is 6.77. The predicted molar refractivity (Wildman–Crippen MR) is 121 cm³/mol. The number of carbonyl (C=O) groups excluding carboxylic acids is 2. The molecule has 0 aliphatic carbocycles. The SMILES string of the molecule is CCN1C(=O)/C(=C2\SC(=S)N(Cc3ccc(C)cc3)C2=O)c2cc(Br)ccc21. The van der Waals surface area contributed by atoms with Gasteiger partial charge in [-0.15, -0.1) is 0 Å². The molecule has 0 unspecified atom stereocenters. The molecule has 2 amide bonds. The Morgan fingerprint density at radius 3 is 2.43 bits per heavy atom. The zero-order valence-electron chi connectivity index (χ0n) is 15.4. The van der Waals surface area contributed by atoms with Crippen LogP contribution in [0.3, 0.4) is 0 Å². The number of carbonyl (C=O) groups is 2. The number of rotatable bonds is 3. The Labute approximate surface area is 181 Å². The van der Waals surface area contributed by atoms with E-state index in [1.54, 1.807) is 9.80 Å². The summed E-state index contributed by atoms with van der Waals surface area (Å²) in [5.74, 6) is -0.353. The molecule has 0 bridgehead atoms. The van der Waals surface area contributed by atoms with Gasteiger partial charge in [0.25, 0.3) is 11.8 Å². The van der Waals surface area contributed by atoms with Crippen LogP contribution < -0.4 is 4.90 Å². The highest BCUT2D eigenvalue weighted by Crippen LogP contribution is 2.45. The number of hydrogen-bond acceptors (Lipinski definition) is 4. The van der Waals surface area contributed by atoms with E-state index in [0.29, 0.717) is 27.9 Å². The molecule has 0 aromatic heterocycles. The van der Waals surface area contributed by atoms with Crippen molar-refractivity contribution in [2.75, 3.05) is 11.4 Å². The Morgan fingerprint density at radius 1 is 1.04 bits per heavy atom. The molecule has 28 heavy (non-hydrogen) atoms. The van der Waals surface area contributed by atoms with E-state index in [2.05, 4.69) is 15.9 Å². The summed E-state index contributed by atoms with van der Waals surface area (Å²) in [6, 6.07) is 13.7. The maximum Gasteiger partial charge on any atom is 0.267 e. The lowest BCUT2D eigenvalue weighted by atomic mass is 10.1. The highest BCUT2D eigenvalue weighted by molar-refractivity contribution is 9.10. The van der Waals surface area contributed by atoms with Gasteiger partial charge >= 0.3 is 0 Å². The number of fused-ring (bicyclic) bond motifs is 1. The second kappa shape index (κ2) is 7.46. The molecule has 1 fully saturated rings. The van der Waals surface area contributed by atoms with Crippen LogP contribution in [0.1, 0.15) is 23.6 Å². The first-order chi connectivity index (χ1) is 13.4. The second-order valence-electron chi connectivity index (χ2n) is 6.66. The third-order valence-electron chi connectivity index (χ3n) is 4.83. The average molecular weight is 473 g/mol. The van der Waals surface area contributed by atoms with Gasteiger partial charge in [0.15, 0.2) is 0 Å². The van der Waals surface area contributed by atoms with Gasteiger partial charge in [-0.25, -0.2) is 0 Å². The van der Waals surface area contributed by atoms with Gasteiger partial charge in [-0.05, 0) is 37.6 Å². The molecule has 2 aliphatic heterocycles. The van der Waals surface area contributed by atoms with E-state index in [4.69, 9.17) is 12.2 Å². The summed E-state index contributed by atoms with van der Waals surface area (Å²) < 4.78 is 1.34. The Bertz CT molecular complexity index is 1050. The van der Waals surface area contributed by atoms with Gasteiger partial charge in [0.2, 0.25) is 0 Å². The molecule has 2 aromatic carbocycles. The van der Waals surface area contributed by atoms with E-state index in [0.717, 1.165) is 26.9 Å². The normalized spacial score (nSPS) is 19.0. The fourth-order valence-electron chi connectivity index (χ4n) is 3.40. The van der Waals surface area contributed by atoms with Crippen LogP contribution in [0.5, 0.6) is 0 Å². The van der Waals surface area contributed by atoms with Crippen LogP contribution in [0.2, 0.25) is 0 Å². The molecule has 2 heterocycles. The van der Waals surface area contributed by atoms with Crippen LogP contribution in [-0.2, 0) is 16.1 Å². The predicted octanol–water partition coefficient (Wildman–Crippen LogP) is 4.90. The number of aryl methyl sites for hydroxylation is 1. The first-order valence-corrected chi connectivity index (χ1v) is 10.9. The highest BCUT2D eigenvalue weighted by atomic mass is 79.9. The van der Waals surface area contributed by atoms with Gasteiger partial charge < -0.3 is 4.90 Å². The molecule has 0 radical (unpaired) electrons. The van der Waals surface area contributed by atoms with Crippen molar-refractivity contribution in [3.63, 3.8) is 0 Å². The van der Waals surface area contributed by atoms with E-state index in [1.165, 1.54) is 11.8 Å². The highest BCUT2D eigenvalue weighted by Gasteiger charge is 2.41. The molecular weight excluding hydrogens is 456 g/mol. The van der Waals surface area contributed by atoms with Crippen LogP contribution in [0.15, 0.2) is 51.8 Å². The fourth-order valence-corrected chi connectivity index (χ4v) is 5.09. The van der Waals surface area contributed by atoms with Crippen molar-refractivity contribution < 1.29 is 9.59 Å². The molecule has 4 rings (SSSR count). The number of benzene rings is 2. The van der Waals surface area contributed by atoms with Crippen molar-refractivity contribution in [2.24, 2.45) is 0 Å². The lowest BCUT2D eigenvalue weighted by Crippen LogP contribution is -2.29. The number of hydrogen-bond donors (Lipinski definition) is 0. The minimum absolute atomic E-state index is 0.147. The molecule has 1 saturated heterocycles. The van der Waals surface area contributed by atoms with Crippen LogP contribution in [0.25, 0.3) is 5.57 Å². The van der Waals surface area contributed by atoms with E-state index < -0.39 is 0 Å². The number of likely N-dealkylation sites (N-methyl/N-ethyl adjacent to an activating group) is 1. The van der Waals surface area contributed by atoms with Gasteiger partial charge in [-0.1, -0.05) is 69.7 Å². The molecule has 0 atom stereocenters. The van der Waals surface area contributed by atoms with Crippen molar-refractivity contribution in [2.45, 2.75) is 20.4 Å². The number of halogens is 1. The van der Waals surface area contributed by atoms with Crippen molar-refractivity contribution in [1.82, 2.24) is 4.90 Å². The summed E-state index contributed by atoms with van der Waals surface area (Å²) in [6.07, 6.45) is 0. The van der Waals surface area contributed by atoms with Gasteiger partial charge in [0, 0.05) is 16.6 Å². The molecule has 142 valence electrons. The Morgan fingerprint density at radius 2 is 1.75 bits per heavy atom. The van der Waals surface area contributed by atoms with Crippen LogP contribution in [0, 0.1) is 6.92 Å². The number of amides is 2. The first-order valence-electron chi connectivity index (χ1n) is 8.86. The molecule has 4 nitrogen and oxygen atoms in total. The summed E-state index contributed by atoms with van der Waals surface area (Å²) in [5, 5.41) is 0. The standard InChI is InChI=1S/C21H17BrN2O2S2/c1-3-23-16-9-8-14(22)10-15(16)17(19(23)25)18-20(26)24(21(27)28-18)11-13-6-4-12(2)5-7-13/h4-10H,3,11H2,1-2H3/b18-17-. The number of anilines is 1. The van der Waals surface area contributed by atoms with E-state index in [9.17, 15) is 9.59 Å². The summed E-state index contributed by atoms with van der Waals surface area (Å²) in [4.78, 5) is 29.9. The second-order valence-corrected chi connectivity index (χ2v) is 9.22. The Balaban J connectivity index is 1.75. The maximum absolute atomic E-state index is 13.2. The molecule has 0 spiro atoms. The molecule has 0 saturated carbocycles. The van der Waals surface area contributed by atoms with E-state index in [-0.39, 0.29) is 11.8 Å². The van der Waals surface area contributed by atoms with Gasteiger partial charge in [0.05, 0.1) is 22.7 Å². The Kier molecular flexibility index (Phi) is 5.16. The summed E-state index contributed by atoms with van der Waals surface area (Å²) in [5.41, 5.74) is 4.22. The van der Waals surface area contributed by atoms with Crippen molar-refractivity contribution in [3.05, 3.63) is 68.5 Å². The zero-order chi connectivity index (χ0) is 20.0.